The molecule has 2 nitrogen and oxygen atoms in total. The van der Waals surface area contributed by atoms with Crippen LogP contribution in [0.3, 0.4) is 0 Å². The molecule has 0 saturated carbocycles. The molecule has 0 aromatic heterocycles. The maximum absolute atomic E-state index is 9.16. The van der Waals surface area contributed by atoms with Crippen LogP contribution in [0.4, 0.5) is 0 Å². The van der Waals surface area contributed by atoms with Crippen molar-refractivity contribution in [3.63, 3.8) is 0 Å². The number of hydrogen-bond acceptors (Lipinski definition) is 2. The first kappa shape index (κ1) is 10.3. The Bertz CT molecular complexity index is 108. The minimum absolute atomic E-state index is 3.00. The molecule has 0 spiro atoms. The molecule has 0 aromatic carbocycles. The van der Waals surface area contributed by atoms with Gasteiger partial charge in [0.15, 0.2) is 0 Å². The number of hydrogen-bond donors (Lipinski definition) is 0. The molecule has 0 heterocycles. The van der Waals surface area contributed by atoms with Crippen molar-refractivity contribution in [3.05, 3.63) is 13.2 Å². The lowest BCUT2D eigenvalue weighted by Gasteiger charge is -1.61. The van der Waals surface area contributed by atoms with Crippen LogP contribution in [0.15, 0.2) is 13.2 Å². The molecule has 0 N–H and O–H groups in total. The second-order valence-electron chi connectivity index (χ2n) is 0.378. The molecule has 5 heteroatoms. The van der Waals surface area contributed by atoms with E-state index in [0.29, 0.717) is 0 Å². The minimum Gasteiger partial charge on any atom is -0.195 e. The summed E-state index contributed by atoms with van der Waals surface area (Å²) in [4.78, 5) is 0. The van der Waals surface area contributed by atoms with Crippen LogP contribution in [0, 0.1) is 0 Å². The smallest absolute Gasteiger partial charge is 0.195 e. The van der Waals surface area contributed by atoms with Crippen molar-refractivity contribution in [2.45, 2.75) is 0 Å². The highest BCUT2D eigenvalue weighted by atomic mass is 36.0. The van der Waals surface area contributed by atoms with Crippen molar-refractivity contribution in [1.29, 1.82) is 0 Å². The molecule has 0 unspecified atom stereocenters. The first-order valence-corrected chi connectivity index (χ1v) is 4.28. The van der Waals surface area contributed by atoms with Crippen molar-refractivity contribution in [2.75, 3.05) is 0 Å². The first-order chi connectivity index (χ1) is 3.00. The molecule has 0 radical (unpaired) electrons. The van der Waals surface area contributed by atoms with Crippen LogP contribution in [0.2, 0.25) is 0 Å². The molecular formula is C2H4Cl2O2S. The zero-order valence-corrected chi connectivity index (χ0v) is 5.72. The lowest BCUT2D eigenvalue weighted by atomic mass is 11.3. The summed E-state index contributed by atoms with van der Waals surface area (Å²) in [5, 5.41) is 0. The highest BCUT2D eigenvalue weighted by Crippen LogP contribution is 1.98. The lowest BCUT2D eigenvalue weighted by Crippen LogP contribution is -1.63. The van der Waals surface area contributed by atoms with Crippen LogP contribution in [0.1, 0.15) is 0 Å². The van der Waals surface area contributed by atoms with Gasteiger partial charge >= 0.3 is 8.26 Å². The molecule has 0 aliphatic heterocycles. The van der Waals surface area contributed by atoms with Gasteiger partial charge in [-0.2, -0.15) is 8.42 Å². The van der Waals surface area contributed by atoms with Gasteiger partial charge in [0.05, 0.1) is 0 Å². The fraction of sp³-hybridized carbons (Fsp3) is 0. The Balaban J connectivity index is 0. The zero-order chi connectivity index (χ0) is 6.50. The van der Waals surface area contributed by atoms with Crippen LogP contribution >= 0.6 is 21.4 Å². The summed E-state index contributed by atoms with van der Waals surface area (Å²) in [7, 11) is 4.81. The Morgan fingerprint density at radius 1 is 1.14 bits per heavy atom. The molecule has 0 aromatic rings. The van der Waals surface area contributed by atoms with Crippen LogP contribution < -0.4 is 0 Å². The average Bonchev–Trinajstić information content (AvgIpc) is 1.36. The largest absolute Gasteiger partial charge is 0.317 e. The molecule has 0 amide bonds. The van der Waals surface area contributed by atoms with Gasteiger partial charge in [-0.05, 0) is 0 Å². The maximum Gasteiger partial charge on any atom is 0.317 e. The molecule has 0 bridgehead atoms. The summed E-state index contributed by atoms with van der Waals surface area (Å²) in [5.74, 6) is 0. The summed E-state index contributed by atoms with van der Waals surface area (Å²) in [6.45, 7) is 6.00. The quantitative estimate of drug-likeness (QED) is 0.400. The second-order valence-corrected chi connectivity index (χ2v) is 4.05. The maximum atomic E-state index is 9.16. The van der Waals surface area contributed by atoms with E-state index in [2.05, 4.69) is 34.5 Å². The number of rotatable bonds is 0. The normalized spacial score (nSPS) is 8.86. The highest BCUT2D eigenvalue weighted by Gasteiger charge is 1.88. The Hall–Kier alpha value is 0.270. The van der Waals surface area contributed by atoms with Gasteiger partial charge in [-0.25, -0.2) is 0 Å². The molecule has 0 fully saturated rings. The van der Waals surface area contributed by atoms with Crippen LogP contribution in [0.5, 0.6) is 0 Å². The van der Waals surface area contributed by atoms with E-state index in [1.54, 1.807) is 0 Å². The zero-order valence-electron chi connectivity index (χ0n) is 3.39. The van der Waals surface area contributed by atoms with E-state index < -0.39 is 8.26 Å². The van der Waals surface area contributed by atoms with Gasteiger partial charge < -0.3 is 0 Å². The van der Waals surface area contributed by atoms with E-state index in [1.165, 1.54) is 0 Å². The molecule has 44 valence electrons. The van der Waals surface area contributed by atoms with Crippen molar-refractivity contribution in [2.24, 2.45) is 0 Å². The van der Waals surface area contributed by atoms with E-state index in [4.69, 9.17) is 8.42 Å². The van der Waals surface area contributed by atoms with E-state index in [-0.39, 0.29) is 0 Å². The number of halogens is 2. The van der Waals surface area contributed by atoms with E-state index in [0.717, 1.165) is 0 Å². The predicted octanol–water partition coefficient (Wildman–Crippen LogP) is 1.51. The lowest BCUT2D eigenvalue weighted by molar-refractivity contribution is 0.621. The first-order valence-electron chi connectivity index (χ1n) is 1.14. The third-order valence-electron chi connectivity index (χ3n) is 0. The van der Waals surface area contributed by atoms with E-state index >= 15 is 0 Å². The average molecular weight is 163 g/mol. The molecule has 0 rings (SSSR count). The van der Waals surface area contributed by atoms with Gasteiger partial charge in [0, 0.05) is 21.4 Å². The SMILES string of the molecule is C=C.O=S(=O)(Cl)Cl. The summed E-state index contributed by atoms with van der Waals surface area (Å²) >= 11 is 0. The summed E-state index contributed by atoms with van der Waals surface area (Å²) in [6.07, 6.45) is 0. The van der Waals surface area contributed by atoms with E-state index in [9.17, 15) is 0 Å². The Morgan fingerprint density at radius 3 is 1.14 bits per heavy atom. The van der Waals surface area contributed by atoms with Gasteiger partial charge in [-0.3, -0.25) is 0 Å². The molecule has 0 atom stereocenters. The van der Waals surface area contributed by atoms with Crippen molar-refractivity contribution >= 4 is 29.6 Å². The van der Waals surface area contributed by atoms with E-state index in [1.807, 2.05) is 0 Å². The predicted molar refractivity (Wildman–Crippen MR) is 31.9 cm³/mol. The topological polar surface area (TPSA) is 34.1 Å². The summed E-state index contributed by atoms with van der Waals surface area (Å²) < 4.78 is 18.3. The molecule has 7 heavy (non-hydrogen) atoms. The molecule has 0 aliphatic rings. The minimum atomic E-state index is -3.72. The monoisotopic (exact) mass is 162 g/mol. The highest BCUT2D eigenvalue weighted by molar-refractivity contribution is 8.31. The third-order valence-corrected chi connectivity index (χ3v) is 0. The Morgan fingerprint density at radius 2 is 1.14 bits per heavy atom. The van der Waals surface area contributed by atoms with Crippen molar-refractivity contribution < 1.29 is 8.42 Å². The third kappa shape index (κ3) is 1570. The Kier molecular flexibility index (Phi) is 6.51. The van der Waals surface area contributed by atoms with Gasteiger partial charge in [-0.15, -0.1) is 13.2 Å². The van der Waals surface area contributed by atoms with Crippen molar-refractivity contribution in [1.82, 2.24) is 0 Å². The summed E-state index contributed by atoms with van der Waals surface area (Å²) in [5.41, 5.74) is 0. The molecule has 0 saturated heterocycles. The van der Waals surface area contributed by atoms with Crippen molar-refractivity contribution in [3.8, 4) is 0 Å². The van der Waals surface area contributed by atoms with Crippen LogP contribution in [-0.2, 0) is 8.26 Å². The van der Waals surface area contributed by atoms with Gasteiger partial charge in [0.1, 0.15) is 0 Å². The molecular weight excluding hydrogens is 159 g/mol. The van der Waals surface area contributed by atoms with Gasteiger partial charge in [0.25, 0.3) is 0 Å². The fourth-order valence-electron chi connectivity index (χ4n) is 0. The Labute approximate surface area is 51.7 Å². The standard InChI is InChI=1S/C2H4.Cl2O2S/c1-2;1-5(2,3)4/h1-2H2;. The van der Waals surface area contributed by atoms with Crippen LogP contribution in [0.25, 0.3) is 0 Å². The second kappa shape index (κ2) is 4.43. The fourth-order valence-corrected chi connectivity index (χ4v) is 0. The molecule has 0 aliphatic carbocycles. The van der Waals surface area contributed by atoms with Crippen LogP contribution in [-0.4, -0.2) is 8.42 Å². The van der Waals surface area contributed by atoms with Gasteiger partial charge in [0.2, 0.25) is 0 Å². The van der Waals surface area contributed by atoms with Gasteiger partial charge in [-0.1, -0.05) is 0 Å². The summed E-state index contributed by atoms with van der Waals surface area (Å²) in [6, 6.07) is 0.